The molecule has 0 amide bonds. The number of likely N-dealkylation sites (tertiary alicyclic amines) is 1. The summed E-state index contributed by atoms with van der Waals surface area (Å²) in [7, 11) is 0. The number of rotatable bonds is 3. The molecule has 13 heavy (non-hydrogen) atoms. The van der Waals surface area contributed by atoms with Gasteiger partial charge in [0.15, 0.2) is 0 Å². The van der Waals surface area contributed by atoms with Crippen molar-refractivity contribution < 1.29 is 0 Å². The van der Waals surface area contributed by atoms with Crippen LogP contribution in [-0.4, -0.2) is 36.6 Å². The van der Waals surface area contributed by atoms with E-state index >= 15 is 0 Å². The molecule has 2 unspecified atom stereocenters. The fourth-order valence-electron chi connectivity index (χ4n) is 2.74. The van der Waals surface area contributed by atoms with Crippen LogP contribution >= 0.6 is 0 Å². The molecule has 2 heteroatoms. The van der Waals surface area contributed by atoms with Crippen LogP contribution in [0.5, 0.6) is 0 Å². The molecule has 0 aliphatic carbocycles. The van der Waals surface area contributed by atoms with Crippen LogP contribution in [0.15, 0.2) is 12.7 Å². The van der Waals surface area contributed by atoms with E-state index in [4.69, 9.17) is 0 Å². The zero-order valence-electron chi connectivity index (χ0n) is 8.34. The lowest BCUT2D eigenvalue weighted by atomic mass is 10.0. The van der Waals surface area contributed by atoms with Gasteiger partial charge >= 0.3 is 0 Å². The van der Waals surface area contributed by atoms with Crippen LogP contribution in [-0.2, 0) is 0 Å². The van der Waals surface area contributed by atoms with Crippen LogP contribution in [0.1, 0.15) is 25.7 Å². The Morgan fingerprint density at radius 1 is 1.38 bits per heavy atom. The summed E-state index contributed by atoms with van der Waals surface area (Å²) in [5.74, 6) is 0. The van der Waals surface area contributed by atoms with Gasteiger partial charge in [-0.1, -0.05) is 6.08 Å². The summed E-state index contributed by atoms with van der Waals surface area (Å²) in [6, 6.07) is 1.56. The minimum Gasteiger partial charge on any atom is -0.312 e. The second-order valence-electron chi connectivity index (χ2n) is 4.20. The SMILES string of the molecule is C=CCN1CCCC1C1CCCN1. The van der Waals surface area contributed by atoms with Gasteiger partial charge in [-0.3, -0.25) is 4.90 Å². The maximum Gasteiger partial charge on any atom is 0.0253 e. The van der Waals surface area contributed by atoms with E-state index in [9.17, 15) is 0 Å². The molecular formula is C11H20N2. The Bertz CT molecular complexity index is 173. The van der Waals surface area contributed by atoms with Gasteiger partial charge < -0.3 is 5.32 Å². The van der Waals surface area contributed by atoms with Gasteiger partial charge in [-0.25, -0.2) is 0 Å². The average molecular weight is 180 g/mol. The van der Waals surface area contributed by atoms with E-state index < -0.39 is 0 Å². The third kappa shape index (κ3) is 1.94. The second kappa shape index (κ2) is 4.25. The molecule has 2 aliphatic heterocycles. The highest BCUT2D eigenvalue weighted by Gasteiger charge is 2.32. The molecule has 2 aliphatic rings. The Hall–Kier alpha value is -0.340. The van der Waals surface area contributed by atoms with Crippen LogP contribution in [0.4, 0.5) is 0 Å². The molecule has 2 saturated heterocycles. The third-order valence-electron chi connectivity index (χ3n) is 3.34. The first-order valence-electron chi connectivity index (χ1n) is 5.50. The van der Waals surface area contributed by atoms with Crippen molar-refractivity contribution in [2.24, 2.45) is 0 Å². The Morgan fingerprint density at radius 3 is 3.00 bits per heavy atom. The van der Waals surface area contributed by atoms with E-state index in [1.807, 2.05) is 6.08 Å². The van der Waals surface area contributed by atoms with Crippen molar-refractivity contribution in [2.45, 2.75) is 37.8 Å². The lowest BCUT2D eigenvalue weighted by molar-refractivity contribution is 0.235. The van der Waals surface area contributed by atoms with Gasteiger partial charge in [0.05, 0.1) is 0 Å². The highest BCUT2D eigenvalue weighted by atomic mass is 15.2. The molecule has 0 saturated carbocycles. The quantitative estimate of drug-likeness (QED) is 0.660. The number of nitrogens with one attached hydrogen (secondary N) is 1. The molecule has 0 spiro atoms. The van der Waals surface area contributed by atoms with Crippen LogP contribution in [0.3, 0.4) is 0 Å². The number of nitrogens with zero attached hydrogens (tertiary/aromatic N) is 1. The Morgan fingerprint density at radius 2 is 2.31 bits per heavy atom. The van der Waals surface area contributed by atoms with E-state index in [1.54, 1.807) is 0 Å². The summed E-state index contributed by atoms with van der Waals surface area (Å²) in [5.41, 5.74) is 0. The summed E-state index contributed by atoms with van der Waals surface area (Å²) in [5, 5.41) is 3.61. The Balaban J connectivity index is 1.91. The molecule has 0 radical (unpaired) electrons. The van der Waals surface area contributed by atoms with Crippen molar-refractivity contribution in [3.8, 4) is 0 Å². The Kier molecular flexibility index (Phi) is 3.01. The summed E-state index contributed by atoms with van der Waals surface area (Å²) in [4.78, 5) is 2.58. The predicted octanol–water partition coefficient (Wildman–Crippen LogP) is 1.39. The summed E-state index contributed by atoms with van der Waals surface area (Å²) < 4.78 is 0. The highest BCUT2D eigenvalue weighted by molar-refractivity contribution is 4.93. The van der Waals surface area contributed by atoms with Crippen molar-refractivity contribution in [3.05, 3.63) is 12.7 Å². The zero-order valence-corrected chi connectivity index (χ0v) is 8.34. The van der Waals surface area contributed by atoms with Crippen molar-refractivity contribution in [1.82, 2.24) is 10.2 Å². The van der Waals surface area contributed by atoms with Crippen LogP contribution in [0.2, 0.25) is 0 Å². The van der Waals surface area contributed by atoms with Crippen LogP contribution < -0.4 is 5.32 Å². The summed E-state index contributed by atoms with van der Waals surface area (Å²) in [6.07, 6.45) is 7.52. The maximum absolute atomic E-state index is 3.82. The van der Waals surface area contributed by atoms with Crippen molar-refractivity contribution in [3.63, 3.8) is 0 Å². The fourth-order valence-corrected chi connectivity index (χ4v) is 2.74. The van der Waals surface area contributed by atoms with Gasteiger partial charge in [-0.15, -0.1) is 6.58 Å². The van der Waals surface area contributed by atoms with Gasteiger partial charge in [-0.05, 0) is 38.8 Å². The second-order valence-corrected chi connectivity index (χ2v) is 4.20. The minimum absolute atomic E-state index is 0.766. The number of hydrogen-bond donors (Lipinski definition) is 1. The van der Waals surface area contributed by atoms with E-state index in [2.05, 4.69) is 16.8 Å². The first kappa shape index (κ1) is 9.22. The lowest BCUT2D eigenvalue weighted by Gasteiger charge is -2.28. The molecule has 0 bridgehead atoms. The minimum atomic E-state index is 0.766. The standard InChI is InChI=1S/C11H20N2/c1-2-8-13-9-4-6-11(13)10-5-3-7-12-10/h2,10-12H,1,3-9H2. The van der Waals surface area contributed by atoms with Crippen LogP contribution in [0.25, 0.3) is 0 Å². The zero-order chi connectivity index (χ0) is 9.10. The van der Waals surface area contributed by atoms with Gasteiger partial charge in [0.1, 0.15) is 0 Å². The Labute approximate surface area is 81.0 Å². The lowest BCUT2D eigenvalue weighted by Crippen LogP contribution is -2.43. The monoisotopic (exact) mass is 180 g/mol. The molecule has 2 rings (SSSR count). The van der Waals surface area contributed by atoms with Gasteiger partial charge in [0.25, 0.3) is 0 Å². The van der Waals surface area contributed by atoms with Crippen molar-refractivity contribution in [2.75, 3.05) is 19.6 Å². The molecule has 2 heterocycles. The topological polar surface area (TPSA) is 15.3 Å². The van der Waals surface area contributed by atoms with E-state index in [0.717, 1.165) is 18.6 Å². The average Bonchev–Trinajstić information content (AvgIpc) is 2.71. The van der Waals surface area contributed by atoms with Gasteiger partial charge in [0, 0.05) is 18.6 Å². The molecular weight excluding hydrogens is 160 g/mol. The van der Waals surface area contributed by atoms with Gasteiger partial charge in [0.2, 0.25) is 0 Å². The van der Waals surface area contributed by atoms with Gasteiger partial charge in [-0.2, -0.15) is 0 Å². The summed E-state index contributed by atoms with van der Waals surface area (Å²) in [6.45, 7) is 7.39. The predicted molar refractivity (Wildman–Crippen MR) is 55.8 cm³/mol. The van der Waals surface area contributed by atoms with Crippen LogP contribution in [0, 0.1) is 0 Å². The molecule has 1 N–H and O–H groups in total. The molecule has 2 nitrogen and oxygen atoms in total. The van der Waals surface area contributed by atoms with E-state index in [1.165, 1.54) is 38.8 Å². The number of hydrogen-bond acceptors (Lipinski definition) is 2. The molecule has 2 atom stereocenters. The van der Waals surface area contributed by atoms with Crippen molar-refractivity contribution >= 4 is 0 Å². The fraction of sp³-hybridized carbons (Fsp3) is 0.818. The van der Waals surface area contributed by atoms with E-state index in [0.29, 0.717) is 0 Å². The highest BCUT2D eigenvalue weighted by Crippen LogP contribution is 2.24. The molecule has 0 aromatic heterocycles. The molecule has 0 aromatic carbocycles. The molecule has 74 valence electrons. The normalized spacial score (nSPS) is 35.4. The first-order valence-corrected chi connectivity index (χ1v) is 5.50. The first-order chi connectivity index (χ1) is 6.42. The van der Waals surface area contributed by atoms with Crippen molar-refractivity contribution in [1.29, 1.82) is 0 Å². The van der Waals surface area contributed by atoms with E-state index in [-0.39, 0.29) is 0 Å². The molecule has 0 aromatic rings. The largest absolute Gasteiger partial charge is 0.312 e. The maximum atomic E-state index is 3.82. The summed E-state index contributed by atoms with van der Waals surface area (Å²) >= 11 is 0. The third-order valence-corrected chi connectivity index (χ3v) is 3.34. The molecule has 2 fully saturated rings. The smallest absolute Gasteiger partial charge is 0.0253 e.